The lowest BCUT2D eigenvalue weighted by Crippen LogP contribution is -2.43. The van der Waals surface area contributed by atoms with E-state index in [-0.39, 0.29) is 18.9 Å². The summed E-state index contributed by atoms with van der Waals surface area (Å²) < 4.78 is 7.15. The highest BCUT2D eigenvalue weighted by Crippen LogP contribution is 2.44. The van der Waals surface area contributed by atoms with Crippen LogP contribution in [0.15, 0.2) is 61.1 Å². The molecule has 2 N–H and O–H groups in total. The van der Waals surface area contributed by atoms with Gasteiger partial charge in [0.15, 0.2) is 0 Å². The van der Waals surface area contributed by atoms with Crippen molar-refractivity contribution in [1.82, 2.24) is 14.9 Å². The molecule has 1 amide bonds. The Morgan fingerprint density at radius 2 is 1.76 bits per heavy atom. The highest BCUT2D eigenvalue weighted by Gasteiger charge is 2.30. The van der Waals surface area contributed by atoms with E-state index in [2.05, 4.69) is 22.4 Å². The van der Waals surface area contributed by atoms with E-state index in [0.29, 0.717) is 5.69 Å². The second-order valence-electron chi connectivity index (χ2n) is 7.06. The predicted molar refractivity (Wildman–Crippen MR) is 107 cm³/mol. The van der Waals surface area contributed by atoms with Crippen molar-refractivity contribution in [2.75, 3.05) is 6.61 Å². The molecule has 1 aromatic heterocycles. The number of aliphatic carboxylic acids is 1. The number of aromatic nitrogens is 2. The zero-order valence-corrected chi connectivity index (χ0v) is 15.9. The van der Waals surface area contributed by atoms with Crippen LogP contribution >= 0.6 is 0 Å². The standard InChI is InChI=1S/C22H21N3O4/c1-25-13-23-11-14(25)10-20(21(26)27)24-22(28)29-12-19-17-8-4-2-6-15(17)16-7-3-5-9-18(16)19/h2-9,11,13,19-20H,10,12H2,1H3,(H,24,28)(H,26,27)/t20-/m0/s1. The topological polar surface area (TPSA) is 93.5 Å². The first kappa shape index (κ1) is 18.7. The molecule has 1 atom stereocenters. The van der Waals surface area contributed by atoms with E-state index in [0.717, 1.165) is 22.3 Å². The summed E-state index contributed by atoms with van der Waals surface area (Å²) in [5.74, 6) is -1.20. The van der Waals surface area contributed by atoms with Crippen molar-refractivity contribution in [3.8, 4) is 11.1 Å². The van der Waals surface area contributed by atoms with E-state index in [4.69, 9.17) is 4.74 Å². The lowest BCUT2D eigenvalue weighted by Gasteiger charge is -2.17. The minimum atomic E-state index is -1.13. The fraction of sp³-hybridized carbons (Fsp3) is 0.227. The quantitative estimate of drug-likeness (QED) is 0.674. The van der Waals surface area contributed by atoms with Crippen molar-refractivity contribution in [1.29, 1.82) is 0 Å². The maximum absolute atomic E-state index is 12.3. The Morgan fingerprint density at radius 1 is 1.14 bits per heavy atom. The number of carbonyl (C=O) groups is 2. The summed E-state index contributed by atoms with van der Waals surface area (Å²) in [6.07, 6.45) is 2.54. The van der Waals surface area contributed by atoms with Crippen LogP contribution in [0.25, 0.3) is 11.1 Å². The van der Waals surface area contributed by atoms with E-state index in [1.807, 2.05) is 36.4 Å². The van der Waals surface area contributed by atoms with Gasteiger partial charge in [-0.1, -0.05) is 48.5 Å². The summed E-state index contributed by atoms with van der Waals surface area (Å²) in [7, 11) is 1.77. The number of benzene rings is 2. The number of carboxylic acid groups (broad SMARTS) is 1. The summed E-state index contributed by atoms with van der Waals surface area (Å²) >= 11 is 0. The first-order valence-electron chi connectivity index (χ1n) is 9.34. The van der Waals surface area contributed by atoms with Crippen LogP contribution in [0.2, 0.25) is 0 Å². The molecule has 3 aromatic rings. The lowest BCUT2D eigenvalue weighted by molar-refractivity contribution is -0.139. The monoisotopic (exact) mass is 391 g/mol. The molecule has 2 aromatic carbocycles. The average Bonchev–Trinajstić information content (AvgIpc) is 3.27. The molecule has 7 nitrogen and oxygen atoms in total. The Kier molecular flexibility index (Phi) is 5.03. The molecule has 0 spiro atoms. The van der Waals surface area contributed by atoms with Crippen molar-refractivity contribution in [2.24, 2.45) is 7.05 Å². The Balaban J connectivity index is 1.44. The number of carboxylic acids is 1. The lowest BCUT2D eigenvalue weighted by atomic mass is 9.98. The Labute approximate surface area is 168 Å². The van der Waals surface area contributed by atoms with Crippen molar-refractivity contribution in [3.05, 3.63) is 77.9 Å². The third-order valence-corrected chi connectivity index (χ3v) is 5.26. The zero-order chi connectivity index (χ0) is 20.4. The fourth-order valence-electron chi connectivity index (χ4n) is 3.77. The number of imidazole rings is 1. The number of alkyl carbamates (subject to hydrolysis) is 1. The summed E-state index contributed by atoms with van der Waals surface area (Å²) in [6.45, 7) is 0.137. The van der Waals surface area contributed by atoms with Crippen LogP contribution in [-0.4, -0.2) is 39.4 Å². The molecule has 4 rings (SSSR count). The minimum Gasteiger partial charge on any atom is -0.480 e. The van der Waals surface area contributed by atoms with Crippen LogP contribution in [0.1, 0.15) is 22.7 Å². The summed E-state index contributed by atoms with van der Waals surface area (Å²) in [5.41, 5.74) is 5.18. The fourth-order valence-corrected chi connectivity index (χ4v) is 3.77. The highest BCUT2D eigenvalue weighted by atomic mass is 16.5. The van der Waals surface area contributed by atoms with Gasteiger partial charge in [-0.25, -0.2) is 14.6 Å². The number of carbonyl (C=O) groups excluding carboxylic acids is 1. The molecular formula is C22H21N3O4. The third kappa shape index (κ3) is 3.71. The Hall–Kier alpha value is -3.61. The number of fused-ring (bicyclic) bond motifs is 3. The van der Waals surface area contributed by atoms with Gasteiger partial charge < -0.3 is 19.7 Å². The van der Waals surface area contributed by atoms with Gasteiger partial charge in [0, 0.05) is 31.3 Å². The van der Waals surface area contributed by atoms with Gasteiger partial charge >= 0.3 is 12.1 Å². The second kappa shape index (κ2) is 7.79. The molecule has 1 heterocycles. The third-order valence-electron chi connectivity index (χ3n) is 5.26. The van der Waals surface area contributed by atoms with Crippen molar-refractivity contribution in [3.63, 3.8) is 0 Å². The number of hydrogen-bond donors (Lipinski definition) is 2. The van der Waals surface area contributed by atoms with E-state index in [1.165, 1.54) is 0 Å². The molecule has 0 bridgehead atoms. The van der Waals surface area contributed by atoms with Crippen LogP contribution in [0.4, 0.5) is 4.79 Å². The first-order chi connectivity index (χ1) is 14.0. The van der Waals surface area contributed by atoms with Gasteiger partial charge in [-0.2, -0.15) is 0 Å². The minimum absolute atomic E-state index is 0.0755. The SMILES string of the molecule is Cn1cncc1C[C@H](NC(=O)OCC1c2ccccc2-c2ccccc21)C(=O)O. The van der Waals surface area contributed by atoms with Gasteiger partial charge in [0.2, 0.25) is 0 Å². The second-order valence-corrected chi connectivity index (χ2v) is 7.06. The highest BCUT2D eigenvalue weighted by molar-refractivity contribution is 5.81. The summed E-state index contributed by atoms with van der Waals surface area (Å²) in [6, 6.07) is 15.0. The van der Waals surface area contributed by atoms with Crippen LogP contribution in [-0.2, 0) is 23.0 Å². The number of aryl methyl sites for hydroxylation is 1. The van der Waals surface area contributed by atoms with Gasteiger partial charge in [0.1, 0.15) is 12.6 Å². The molecule has 0 unspecified atom stereocenters. The van der Waals surface area contributed by atoms with Gasteiger partial charge in [-0.3, -0.25) is 0 Å². The molecule has 0 aliphatic heterocycles. The number of ether oxygens (including phenoxy) is 1. The maximum atomic E-state index is 12.3. The largest absolute Gasteiger partial charge is 0.480 e. The van der Waals surface area contributed by atoms with Crippen LogP contribution in [0.3, 0.4) is 0 Å². The summed E-state index contributed by atoms with van der Waals surface area (Å²) in [4.78, 5) is 27.9. The Bertz CT molecular complexity index is 1010. The molecule has 0 saturated heterocycles. The van der Waals surface area contributed by atoms with Gasteiger partial charge in [-0.05, 0) is 22.3 Å². The number of amides is 1. The Morgan fingerprint density at radius 3 is 2.31 bits per heavy atom. The molecule has 0 fully saturated rings. The van der Waals surface area contributed by atoms with E-state index >= 15 is 0 Å². The number of nitrogens with one attached hydrogen (secondary N) is 1. The van der Waals surface area contributed by atoms with E-state index < -0.39 is 18.1 Å². The van der Waals surface area contributed by atoms with Crippen molar-refractivity contribution >= 4 is 12.1 Å². The van der Waals surface area contributed by atoms with Gasteiger partial charge in [0.05, 0.1) is 6.33 Å². The predicted octanol–water partition coefficient (Wildman–Crippen LogP) is 2.95. The van der Waals surface area contributed by atoms with Gasteiger partial charge in [-0.15, -0.1) is 0 Å². The van der Waals surface area contributed by atoms with Crippen molar-refractivity contribution < 1.29 is 19.4 Å². The van der Waals surface area contributed by atoms with E-state index in [9.17, 15) is 14.7 Å². The molecule has 1 aliphatic rings. The van der Waals surface area contributed by atoms with E-state index in [1.54, 1.807) is 24.1 Å². The normalized spacial score (nSPS) is 13.4. The van der Waals surface area contributed by atoms with Gasteiger partial charge in [0.25, 0.3) is 0 Å². The van der Waals surface area contributed by atoms with Crippen molar-refractivity contribution in [2.45, 2.75) is 18.4 Å². The smallest absolute Gasteiger partial charge is 0.407 e. The zero-order valence-electron chi connectivity index (χ0n) is 15.9. The summed E-state index contributed by atoms with van der Waals surface area (Å²) in [5, 5.41) is 11.9. The molecule has 29 heavy (non-hydrogen) atoms. The molecule has 1 aliphatic carbocycles. The average molecular weight is 391 g/mol. The molecule has 0 radical (unpaired) electrons. The number of rotatable bonds is 6. The van der Waals surface area contributed by atoms with Crippen LogP contribution < -0.4 is 5.32 Å². The van der Waals surface area contributed by atoms with Crippen LogP contribution in [0.5, 0.6) is 0 Å². The molecule has 148 valence electrons. The maximum Gasteiger partial charge on any atom is 0.407 e. The molecule has 7 heteroatoms. The molecule has 0 saturated carbocycles. The first-order valence-corrected chi connectivity index (χ1v) is 9.34. The number of nitrogens with zero attached hydrogens (tertiary/aromatic N) is 2. The molecular weight excluding hydrogens is 370 g/mol. The number of hydrogen-bond acceptors (Lipinski definition) is 4. The van der Waals surface area contributed by atoms with Crippen LogP contribution in [0, 0.1) is 0 Å².